The first-order valence-electron chi connectivity index (χ1n) is 5.78. The third-order valence-corrected chi connectivity index (χ3v) is 4.01. The molecule has 0 atom stereocenters. The molecule has 6 nitrogen and oxygen atoms in total. The molecule has 20 heavy (non-hydrogen) atoms. The van der Waals surface area contributed by atoms with Crippen molar-refractivity contribution in [1.82, 2.24) is 10.6 Å². The van der Waals surface area contributed by atoms with Gasteiger partial charge in [-0.1, -0.05) is 11.6 Å². The standard InChI is InChI=1S/C12H13ClN4O2S/c13-6-1-2-7-8(5-6)20-10(9(7)14)11(18)16-3-4-17-12(15)19/h1-2,5H,3-4,14H2,(H,16,18)(H3,15,17,19). The highest BCUT2D eigenvalue weighted by Crippen LogP contribution is 2.34. The van der Waals surface area contributed by atoms with E-state index >= 15 is 0 Å². The highest BCUT2D eigenvalue weighted by Gasteiger charge is 2.16. The largest absolute Gasteiger partial charge is 0.397 e. The van der Waals surface area contributed by atoms with Gasteiger partial charge in [0.05, 0.1) is 5.69 Å². The Bertz CT molecular complexity index is 671. The number of urea groups is 1. The predicted molar refractivity (Wildman–Crippen MR) is 81.2 cm³/mol. The number of carbonyl (C=O) groups excluding carboxylic acids is 2. The summed E-state index contributed by atoms with van der Waals surface area (Å²) in [5.74, 6) is -0.286. The normalized spacial score (nSPS) is 10.4. The zero-order valence-corrected chi connectivity index (χ0v) is 12.0. The Morgan fingerprint density at radius 1 is 1.25 bits per heavy atom. The van der Waals surface area contributed by atoms with Gasteiger partial charge in [0.2, 0.25) is 0 Å². The van der Waals surface area contributed by atoms with E-state index in [1.165, 1.54) is 11.3 Å². The molecule has 2 rings (SSSR count). The number of nitrogen functional groups attached to an aromatic ring is 1. The van der Waals surface area contributed by atoms with Gasteiger partial charge in [-0.3, -0.25) is 4.79 Å². The molecule has 0 unspecified atom stereocenters. The molecule has 0 radical (unpaired) electrons. The molecule has 0 spiro atoms. The molecule has 1 aromatic carbocycles. The van der Waals surface area contributed by atoms with Crippen LogP contribution in [0, 0.1) is 0 Å². The van der Waals surface area contributed by atoms with Crippen molar-refractivity contribution in [3.05, 3.63) is 28.1 Å². The van der Waals surface area contributed by atoms with Crippen LogP contribution in [0.25, 0.3) is 10.1 Å². The topological polar surface area (TPSA) is 110 Å². The van der Waals surface area contributed by atoms with E-state index in [1.807, 2.05) is 0 Å². The zero-order chi connectivity index (χ0) is 14.7. The van der Waals surface area contributed by atoms with Crippen LogP contribution in [0.1, 0.15) is 9.67 Å². The summed E-state index contributed by atoms with van der Waals surface area (Å²) < 4.78 is 0.857. The highest BCUT2D eigenvalue weighted by molar-refractivity contribution is 7.21. The minimum Gasteiger partial charge on any atom is -0.397 e. The lowest BCUT2D eigenvalue weighted by atomic mass is 10.2. The summed E-state index contributed by atoms with van der Waals surface area (Å²) in [4.78, 5) is 22.9. The number of nitrogens with two attached hydrogens (primary N) is 2. The second-order valence-corrected chi connectivity index (χ2v) is 5.52. The number of rotatable bonds is 4. The second kappa shape index (κ2) is 5.98. The predicted octanol–water partition coefficient (Wildman–Crippen LogP) is 1.53. The molecule has 2 aromatic rings. The number of halogens is 1. The van der Waals surface area contributed by atoms with E-state index < -0.39 is 6.03 Å². The van der Waals surface area contributed by atoms with Crippen LogP contribution in [0.3, 0.4) is 0 Å². The fourth-order valence-corrected chi connectivity index (χ4v) is 3.02. The SMILES string of the molecule is NC(=O)NCCNC(=O)c1sc2cc(Cl)ccc2c1N. The maximum Gasteiger partial charge on any atom is 0.312 e. The Balaban J connectivity index is 2.10. The van der Waals surface area contributed by atoms with Gasteiger partial charge in [-0.05, 0) is 18.2 Å². The van der Waals surface area contributed by atoms with Crippen molar-refractivity contribution >= 4 is 50.6 Å². The molecule has 0 fully saturated rings. The average molecular weight is 313 g/mol. The van der Waals surface area contributed by atoms with Crippen LogP contribution in [-0.4, -0.2) is 25.0 Å². The van der Waals surface area contributed by atoms with Gasteiger partial charge in [0.25, 0.3) is 5.91 Å². The summed E-state index contributed by atoms with van der Waals surface area (Å²) in [5, 5.41) is 6.44. The summed E-state index contributed by atoms with van der Waals surface area (Å²) >= 11 is 7.18. The Labute approximate surface area is 124 Å². The minimum absolute atomic E-state index is 0.262. The summed E-state index contributed by atoms with van der Waals surface area (Å²) in [6.45, 7) is 0.536. The van der Waals surface area contributed by atoms with Gasteiger partial charge in [0.15, 0.2) is 0 Å². The number of hydrogen-bond acceptors (Lipinski definition) is 4. The van der Waals surface area contributed by atoms with Crippen LogP contribution in [0.4, 0.5) is 10.5 Å². The number of carbonyl (C=O) groups is 2. The first kappa shape index (κ1) is 14.4. The molecule has 106 valence electrons. The molecular formula is C12H13ClN4O2S. The van der Waals surface area contributed by atoms with Gasteiger partial charge in [-0.2, -0.15) is 0 Å². The van der Waals surface area contributed by atoms with Crippen molar-refractivity contribution in [2.45, 2.75) is 0 Å². The summed E-state index contributed by atoms with van der Waals surface area (Å²) in [6.07, 6.45) is 0. The van der Waals surface area contributed by atoms with Gasteiger partial charge in [-0.25, -0.2) is 4.79 Å². The third-order valence-electron chi connectivity index (χ3n) is 2.61. The second-order valence-electron chi connectivity index (χ2n) is 4.03. The van der Waals surface area contributed by atoms with Crippen molar-refractivity contribution in [1.29, 1.82) is 0 Å². The maximum absolute atomic E-state index is 12.0. The van der Waals surface area contributed by atoms with Crippen LogP contribution >= 0.6 is 22.9 Å². The van der Waals surface area contributed by atoms with E-state index in [4.69, 9.17) is 23.1 Å². The summed E-state index contributed by atoms with van der Waals surface area (Å²) in [6, 6.07) is 4.65. The molecule has 0 aliphatic carbocycles. The smallest absolute Gasteiger partial charge is 0.312 e. The number of fused-ring (bicyclic) bond motifs is 1. The first-order valence-corrected chi connectivity index (χ1v) is 6.97. The van der Waals surface area contributed by atoms with E-state index in [0.29, 0.717) is 15.6 Å². The molecule has 1 aromatic heterocycles. The summed E-state index contributed by atoms with van der Waals surface area (Å²) in [7, 11) is 0. The minimum atomic E-state index is -0.629. The van der Waals surface area contributed by atoms with E-state index in [-0.39, 0.29) is 19.0 Å². The van der Waals surface area contributed by atoms with Crippen molar-refractivity contribution in [2.24, 2.45) is 5.73 Å². The molecule has 0 bridgehead atoms. The number of amides is 3. The Kier molecular flexibility index (Phi) is 4.31. The molecule has 0 saturated carbocycles. The molecule has 3 amide bonds. The number of anilines is 1. The molecule has 1 heterocycles. The van der Waals surface area contributed by atoms with Gasteiger partial charge in [0, 0.05) is 28.2 Å². The van der Waals surface area contributed by atoms with Crippen LogP contribution in [-0.2, 0) is 0 Å². The molecule has 0 aliphatic heterocycles. The lowest BCUT2D eigenvalue weighted by Crippen LogP contribution is -2.37. The molecule has 0 aliphatic rings. The van der Waals surface area contributed by atoms with Crippen molar-refractivity contribution in [2.75, 3.05) is 18.8 Å². The molecule has 6 N–H and O–H groups in total. The van der Waals surface area contributed by atoms with Crippen molar-refractivity contribution in [3.8, 4) is 0 Å². The lowest BCUT2D eigenvalue weighted by molar-refractivity contribution is 0.0959. The van der Waals surface area contributed by atoms with Gasteiger partial charge < -0.3 is 22.1 Å². The van der Waals surface area contributed by atoms with E-state index in [2.05, 4.69) is 10.6 Å². The van der Waals surface area contributed by atoms with E-state index in [0.717, 1.165) is 10.1 Å². The Hall–Kier alpha value is -1.99. The van der Waals surface area contributed by atoms with E-state index in [1.54, 1.807) is 18.2 Å². The fourth-order valence-electron chi connectivity index (χ4n) is 1.70. The van der Waals surface area contributed by atoms with Crippen LogP contribution in [0.15, 0.2) is 18.2 Å². The van der Waals surface area contributed by atoms with Gasteiger partial charge >= 0.3 is 6.03 Å². The van der Waals surface area contributed by atoms with Crippen LogP contribution in [0.5, 0.6) is 0 Å². The average Bonchev–Trinajstić information content (AvgIpc) is 2.71. The van der Waals surface area contributed by atoms with E-state index in [9.17, 15) is 9.59 Å². The Morgan fingerprint density at radius 2 is 1.95 bits per heavy atom. The number of benzene rings is 1. The monoisotopic (exact) mass is 312 g/mol. The quantitative estimate of drug-likeness (QED) is 0.642. The third kappa shape index (κ3) is 3.12. The number of nitrogens with one attached hydrogen (secondary N) is 2. The number of hydrogen-bond donors (Lipinski definition) is 4. The summed E-state index contributed by atoms with van der Waals surface area (Å²) in [5.41, 5.74) is 11.3. The van der Waals surface area contributed by atoms with Gasteiger partial charge in [-0.15, -0.1) is 11.3 Å². The first-order chi connectivity index (χ1) is 9.49. The van der Waals surface area contributed by atoms with Crippen molar-refractivity contribution in [3.63, 3.8) is 0 Å². The Morgan fingerprint density at radius 3 is 2.65 bits per heavy atom. The maximum atomic E-state index is 12.0. The number of primary amides is 1. The molecular weight excluding hydrogens is 300 g/mol. The van der Waals surface area contributed by atoms with Gasteiger partial charge in [0.1, 0.15) is 4.88 Å². The fraction of sp³-hybridized carbons (Fsp3) is 0.167. The highest BCUT2D eigenvalue weighted by atomic mass is 35.5. The number of thiophene rings is 1. The van der Waals surface area contributed by atoms with Crippen LogP contribution in [0.2, 0.25) is 5.02 Å². The zero-order valence-electron chi connectivity index (χ0n) is 10.4. The lowest BCUT2D eigenvalue weighted by Gasteiger charge is -2.04. The molecule has 8 heteroatoms. The molecule has 0 saturated heterocycles. The van der Waals surface area contributed by atoms with Crippen LogP contribution < -0.4 is 22.1 Å². The van der Waals surface area contributed by atoms with Crippen molar-refractivity contribution < 1.29 is 9.59 Å².